The number of methoxy groups -OCH3 is 1. The van der Waals surface area contributed by atoms with E-state index >= 15 is 0 Å². The van der Waals surface area contributed by atoms with Crippen molar-refractivity contribution in [2.75, 3.05) is 19.5 Å². The number of nitrogens with zero attached hydrogens (tertiary/aromatic N) is 4. The summed E-state index contributed by atoms with van der Waals surface area (Å²) in [5.41, 5.74) is 6.51. The molecule has 9 heteroatoms. The van der Waals surface area contributed by atoms with Crippen molar-refractivity contribution in [3.05, 3.63) is 12.5 Å². The van der Waals surface area contributed by atoms with Gasteiger partial charge in [-0.3, -0.25) is 4.57 Å². The molecule has 8 nitrogen and oxygen atoms in total. The summed E-state index contributed by atoms with van der Waals surface area (Å²) in [5.74, 6) is -1.56. The van der Waals surface area contributed by atoms with Crippen LogP contribution in [0.3, 0.4) is 0 Å². The van der Waals surface area contributed by atoms with Crippen molar-refractivity contribution in [3.63, 3.8) is 0 Å². The number of anilines is 1. The number of halogens is 1. The molecule has 20 heavy (non-hydrogen) atoms. The van der Waals surface area contributed by atoms with Crippen LogP contribution < -0.4 is 5.73 Å². The maximum Gasteiger partial charge on any atom is 0.225 e. The van der Waals surface area contributed by atoms with Crippen LogP contribution >= 0.6 is 0 Å². The van der Waals surface area contributed by atoms with Crippen LogP contribution in [0.5, 0.6) is 0 Å². The van der Waals surface area contributed by atoms with Crippen molar-refractivity contribution in [1.29, 1.82) is 0 Å². The quantitative estimate of drug-likeness (QED) is 0.816. The Morgan fingerprint density at radius 1 is 1.65 bits per heavy atom. The van der Waals surface area contributed by atoms with Gasteiger partial charge in [0.2, 0.25) is 11.7 Å². The van der Waals surface area contributed by atoms with E-state index < -0.39 is 24.8 Å². The molecule has 1 fully saturated rings. The van der Waals surface area contributed by atoms with E-state index in [2.05, 4.69) is 15.0 Å². The molecule has 1 aliphatic heterocycles. The van der Waals surface area contributed by atoms with Gasteiger partial charge in [-0.2, -0.15) is 4.98 Å². The highest BCUT2D eigenvalue weighted by molar-refractivity contribution is 5.70. The van der Waals surface area contributed by atoms with Crippen LogP contribution in [0.2, 0.25) is 0 Å². The summed E-state index contributed by atoms with van der Waals surface area (Å²) in [4.78, 5) is 12.0. The van der Waals surface area contributed by atoms with E-state index in [0.29, 0.717) is 11.2 Å². The van der Waals surface area contributed by atoms with Gasteiger partial charge in [0.05, 0.1) is 12.5 Å². The van der Waals surface area contributed by atoms with Gasteiger partial charge in [-0.1, -0.05) is 0 Å². The summed E-state index contributed by atoms with van der Waals surface area (Å²) < 4.78 is 26.1. The number of fused-ring (bicyclic) bond motifs is 1. The van der Waals surface area contributed by atoms with E-state index in [-0.39, 0.29) is 12.4 Å². The average Bonchev–Trinajstić information content (AvgIpc) is 2.99. The predicted octanol–water partition coefficient (Wildman–Crippen LogP) is 0.000500. The lowest BCUT2D eigenvalue weighted by Crippen LogP contribution is -2.42. The minimum atomic E-state index is -1.65. The van der Waals surface area contributed by atoms with Gasteiger partial charge in [-0.25, -0.2) is 14.4 Å². The molecule has 2 aromatic heterocycles. The predicted molar refractivity (Wildman–Crippen MR) is 66.2 cm³/mol. The van der Waals surface area contributed by atoms with Gasteiger partial charge in [-0.05, 0) is 0 Å². The Morgan fingerprint density at radius 3 is 3.10 bits per heavy atom. The van der Waals surface area contributed by atoms with Gasteiger partial charge >= 0.3 is 0 Å². The van der Waals surface area contributed by atoms with Gasteiger partial charge in [0, 0.05) is 13.5 Å². The molecule has 1 aliphatic rings. The van der Waals surface area contributed by atoms with Crippen molar-refractivity contribution < 1.29 is 19.0 Å². The van der Waals surface area contributed by atoms with Crippen LogP contribution in [0, 0.1) is 0 Å². The summed E-state index contributed by atoms with van der Waals surface area (Å²) in [6, 6.07) is 0. The fraction of sp³-hybridized carbons (Fsp3) is 0.545. The maximum absolute atomic E-state index is 14.1. The zero-order valence-electron chi connectivity index (χ0n) is 10.7. The molecule has 0 aromatic carbocycles. The fourth-order valence-corrected chi connectivity index (χ4v) is 2.31. The van der Waals surface area contributed by atoms with Crippen molar-refractivity contribution in [3.8, 4) is 0 Å². The number of aliphatic hydroxyl groups excluding tert-OH is 1. The Balaban J connectivity index is 1.99. The molecule has 108 valence electrons. The first-order chi connectivity index (χ1) is 9.59. The first-order valence-corrected chi connectivity index (χ1v) is 6.02. The molecule has 0 spiro atoms. The topological polar surface area (TPSA) is 108 Å². The molecule has 0 unspecified atom stereocenters. The first kappa shape index (κ1) is 13.2. The lowest BCUT2D eigenvalue weighted by molar-refractivity contribution is -0.259. The summed E-state index contributed by atoms with van der Waals surface area (Å²) in [7, 11) is 1.29. The van der Waals surface area contributed by atoms with Gasteiger partial charge in [-0.15, -0.1) is 0 Å². The standard InChI is InChI=1S/C11H14FN5O3/c1-19-11(4-18)7(12)2-8(20-11)17-5-15-6-3-14-10(13)16-9(6)17/h3,5,7-8,18H,2,4H2,1H3,(H2,13,14,16)/t7-,8+,11+/m0/s1. The second kappa shape index (κ2) is 4.62. The molecular formula is C11H14FN5O3. The Labute approximate surface area is 113 Å². The third kappa shape index (κ3) is 1.82. The van der Waals surface area contributed by atoms with Gasteiger partial charge in [0.25, 0.3) is 0 Å². The third-order valence-corrected chi connectivity index (χ3v) is 3.43. The number of rotatable bonds is 3. The molecule has 3 N–H and O–H groups in total. The van der Waals surface area contributed by atoms with Crippen molar-refractivity contribution in [2.45, 2.75) is 24.6 Å². The van der Waals surface area contributed by atoms with E-state index in [4.69, 9.17) is 15.2 Å². The third-order valence-electron chi connectivity index (χ3n) is 3.43. The maximum atomic E-state index is 14.1. The highest BCUT2D eigenvalue weighted by atomic mass is 19.1. The smallest absolute Gasteiger partial charge is 0.225 e. The molecule has 0 radical (unpaired) electrons. The van der Waals surface area contributed by atoms with Crippen LogP contribution in [0.1, 0.15) is 12.6 Å². The Hall–Kier alpha value is -1.84. The largest absolute Gasteiger partial charge is 0.391 e. The average molecular weight is 283 g/mol. The van der Waals surface area contributed by atoms with E-state index in [1.165, 1.54) is 19.6 Å². The van der Waals surface area contributed by atoms with Crippen LogP contribution in [0.15, 0.2) is 12.5 Å². The lowest BCUT2D eigenvalue weighted by atomic mass is 10.1. The van der Waals surface area contributed by atoms with Crippen molar-refractivity contribution >= 4 is 17.1 Å². The summed E-state index contributed by atoms with van der Waals surface area (Å²) in [6.07, 6.45) is 0.824. The highest BCUT2D eigenvalue weighted by Gasteiger charge is 2.50. The molecule has 2 aromatic rings. The number of nitrogen functional groups attached to an aromatic ring is 1. The molecule has 1 saturated heterocycles. The number of hydrogen-bond acceptors (Lipinski definition) is 7. The Kier molecular flexibility index (Phi) is 3.04. The number of hydrogen-bond donors (Lipinski definition) is 2. The van der Waals surface area contributed by atoms with Gasteiger partial charge in [0.1, 0.15) is 18.4 Å². The number of aromatic nitrogens is 4. The molecule has 3 atom stereocenters. The van der Waals surface area contributed by atoms with Gasteiger partial charge in [0.15, 0.2) is 11.8 Å². The van der Waals surface area contributed by atoms with Crippen LogP contribution in [-0.2, 0) is 9.47 Å². The number of ether oxygens (including phenoxy) is 2. The molecular weight excluding hydrogens is 269 g/mol. The fourth-order valence-electron chi connectivity index (χ4n) is 2.31. The van der Waals surface area contributed by atoms with Crippen molar-refractivity contribution in [2.24, 2.45) is 0 Å². The molecule has 0 amide bonds. The van der Waals surface area contributed by atoms with E-state index in [1.54, 1.807) is 4.57 Å². The first-order valence-electron chi connectivity index (χ1n) is 6.02. The number of aliphatic hydroxyl groups is 1. The monoisotopic (exact) mass is 283 g/mol. The summed E-state index contributed by atoms with van der Waals surface area (Å²) in [5, 5.41) is 9.30. The lowest BCUT2D eigenvalue weighted by Gasteiger charge is -2.26. The number of alkyl halides is 1. The van der Waals surface area contributed by atoms with E-state index in [9.17, 15) is 9.50 Å². The van der Waals surface area contributed by atoms with Crippen molar-refractivity contribution in [1.82, 2.24) is 19.5 Å². The SMILES string of the molecule is CO[C@]1(CO)O[C@@H](n2cnc3cnc(N)nc32)C[C@@H]1F. The minimum absolute atomic E-state index is 0.0176. The normalized spacial score (nSPS) is 30.1. The summed E-state index contributed by atoms with van der Waals surface area (Å²) >= 11 is 0. The van der Waals surface area contributed by atoms with Crippen LogP contribution in [0.4, 0.5) is 10.3 Å². The molecule has 0 aliphatic carbocycles. The zero-order chi connectivity index (χ0) is 14.3. The van der Waals surface area contributed by atoms with Crippen LogP contribution in [-0.4, -0.2) is 50.3 Å². The molecule has 0 saturated carbocycles. The number of imidazole rings is 1. The Bertz CT molecular complexity index is 630. The highest BCUT2D eigenvalue weighted by Crippen LogP contribution is 2.39. The molecule has 3 heterocycles. The zero-order valence-corrected chi connectivity index (χ0v) is 10.7. The Morgan fingerprint density at radius 2 is 2.45 bits per heavy atom. The minimum Gasteiger partial charge on any atom is -0.391 e. The van der Waals surface area contributed by atoms with E-state index in [0.717, 1.165) is 0 Å². The van der Waals surface area contributed by atoms with Crippen LogP contribution in [0.25, 0.3) is 11.2 Å². The summed E-state index contributed by atoms with van der Waals surface area (Å²) in [6.45, 7) is -0.578. The van der Waals surface area contributed by atoms with Gasteiger partial charge < -0.3 is 20.3 Å². The van der Waals surface area contributed by atoms with E-state index in [1.807, 2.05) is 0 Å². The molecule has 3 rings (SSSR count). The molecule has 0 bridgehead atoms. The number of nitrogens with two attached hydrogens (primary N) is 1. The second-order valence-corrected chi connectivity index (χ2v) is 4.54. The second-order valence-electron chi connectivity index (χ2n) is 4.54.